The topological polar surface area (TPSA) is 88.3 Å². The monoisotopic (exact) mass is 326 g/mol. The standard InChI is InChI=1S/C17H18N4O3/c1-10-4-3-5-11(8-10)14-18-13(24-20-14)9-21-15(22)17(2,12-6-7-12)19-16(21)23/h3-5,8,12H,6-7,9H2,1-2H3,(H,19,23). The van der Waals surface area contributed by atoms with E-state index in [0.29, 0.717) is 5.82 Å². The Balaban J connectivity index is 1.54. The van der Waals surface area contributed by atoms with E-state index in [1.807, 2.05) is 31.2 Å². The number of carbonyl (C=O) groups excluding carboxylic acids is 2. The molecule has 0 bridgehead atoms. The lowest BCUT2D eigenvalue weighted by atomic mass is 9.96. The van der Waals surface area contributed by atoms with Crippen molar-refractivity contribution in [3.05, 3.63) is 35.7 Å². The molecule has 1 atom stereocenters. The van der Waals surface area contributed by atoms with Gasteiger partial charge < -0.3 is 9.84 Å². The van der Waals surface area contributed by atoms with Gasteiger partial charge in [-0.3, -0.25) is 9.69 Å². The third-order valence-electron chi connectivity index (χ3n) is 4.73. The molecule has 2 heterocycles. The van der Waals surface area contributed by atoms with Crippen molar-refractivity contribution in [3.63, 3.8) is 0 Å². The average molecular weight is 326 g/mol. The molecule has 4 rings (SSSR count). The van der Waals surface area contributed by atoms with Crippen LogP contribution in [0.15, 0.2) is 28.8 Å². The molecule has 1 aliphatic carbocycles. The van der Waals surface area contributed by atoms with Crippen molar-refractivity contribution in [2.24, 2.45) is 5.92 Å². The second-order valence-corrected chi connectivity index (χ2v) is 6.68. The van der Waals surface area contributed by atoms with Crippen LogP contribution in [0.5, 0.6) is 0 Å². The van der Waals surface area contributed by atoms with E-state index in [1.54, 1.807) is 6.92 Å². The van der Waals surface area contributed by atoms with Crippen LogP contribution < -0.4 is 5.32 Å². The maximum Gasteiger partial charge on any atom is 0.325 e. The van der Waals surface area contributed by atoms with Crippen molar-refractivity contribution in [3.8, 4) is 11.4 Å². The Hall–Kier alpha value is -2.70. The Bertz CT molecular complexity index is 827. The number of rotatable bonds is 4. The molecule has 1 aliphatic heterocycles. The lowest BCUT2D eigenvalue weighted by Crippen LogP contribution is -2.46. The highest BCUT2D eigenvalue weighted by molar-refractivity contribution is 6.07. The van der Waals surface area contributed by atoms with Crippen LogP contribution in [-0.4, -0.2) is 32.5 Å². The molecular weight excluding hydrogens is 308 g/mol. The summed E-state index contributed by atoms with van der Waals surface area (Å²) in [6.45, 7) is 3.76. The number of imide groups is 1. The molecule has 0 spiro atoms. The second kappa shape index (κ2) is 5.15. The van der Waals surface area contributed by atoms with Gasteiger partial charge in [-0.15, -0.1) is 0 Å². The number of nitrogens with one attached hydrogen (secondary N) is 1. The fraction of sp³-hybridized carbons (Fsp3) is 0.412. The maximum absolute atomic E-state index is 12.6. The number of aryl methyl sites for hydroxylation is 1. The molecule has 2 fully saturated rings. The summed E-state index contributed by atoms with van der Waals surface area (Å²) in [4.78, 5) is 30.2. The zero-order valence-corrected chi connectivity index (χ0v) is 13.6. The number of benzene rings is 1. The first kappa shape index (κ1) is 14.9. The molecule has 3 amide bonds. The van der Waals surface area contributed by atoms with Gasteiger partial charge in [0.15, 0.2) is 0 Å². The van der Waals surface area contributed by atoms with Crippen LogP contribution in [0.4, 0.5) is 4.79 Å². The van der Waals surface area contributed by atoms with Crippen LogP contribution in [0.1, 0.15) is 31.2 Å². The second-order valence-electron chi connectivity index (χ2n) is 6.68. The van der Waals surface area contributed by atoms with E-state index >= 15 is 0 Å². The molecule has 1 N–H and O–H groups in total. The Morgan fingerprint density at radius 1 is 1.38 bits per heavy atom. The molecule has 0 radical (unpaired) electrons. The van der Waals surface area contributed by atoms with Crippen molar-refractivity contribution in [2.75, 3.05) is 0 Å². The fourth-order valence-corrected chi connectivity index (χ4v) is 3.15. The van der Waals surface area contributed by atoms with E-state index in [1.165, 1.54) is 0 Å². The third kappa shape index (κ3) is 2.36. The smallest absolute Gasteiger partial charge is 0.325 e. The largest absolute Gasteiger partial charge is 0.337 e. The zero-order valence-electron chi connectivity index (χ0n) is 13.6. The summed E-state index contributed by atoms with van der Waals surface area (Å²) in [5, 5.41) is 6.75. The van der Waals surface area contributed by atoms with E-state index in [0.717, 1.165) is 28.9 Å². The van der Waals surface area contributed by atoms with E-state index in [-0.39, 0.29) is 24.3 Å². The number of hydrogen-bond donors (Lipinski definition) is 1. The fourth-order valence-electron chi connectivity index (χ4n) is 3.15. The van der Waals surface area contributed by atoms with E-state index in [2.05, 4.69) is 15.5 Å². The molecule has 1 saturated carbocycles. The molecule has 24 heavy (non-hydrogen) atoms. The third-order valence-corrected chi connectivity index (χ3v) is 4.73. The first-order chi connectivity index (χ1) is 11.5. The van der Waals surface area contributed by atoms with Crippen molar-refractivity contribution >= 4 is 11.9 Å². The lowest BCUT2D eigenvalue weighted by Gasteiger charge is -2.20. The first-order valence-corrected chi connectivity index (χ1v) is 8.01. The van der Waals surface area contributed by atoms with Gasteiger partial charge in [-0.1, -0.05) is 28.9 Å². The van der Waals surface area contributed by atoms with Gasteiger partial charge in [0.1, 0.15) is 12.1 Å². The zero-order chi connectivity index (χ0) is 16.9. The molecule has 1 aromatic heterocycles. The predicted octanol–water partition coefficient (Wildman–Crippen LogP) is 2.27. The SMILES string of the molecule is Cc1cccc(-c2noc(CN3C(=O)NC(C)(C4CC4)C3=O)n2)c1. The van der Waals surface area contributed by atoms with Gasteiger partial charge in [-0.05, 0) is 38.7 Å². The van der Waals surface area contributed by atoms with Crippen LogP contribution >= 0.6 is 0 Å². The lowest BCUT2D eigenvalue weighted by molar-refractivity contribution is -0.132. The summed E-state index contributed by atoms with van der Waals surface area (Å²) in [5.41, 5.74) is 1.13. The molecule has 1 unspecified atom stereocenters. The minimum absolute atomic E-state index is 0.00814. The van der Waals surface area contributed by atoms with Crippen LogP contribution in [0.3, 0.4) is 0 Å². The van der Waals surface area contributed by atoms with E-state index in [4.69, 9.17) is 4.52 Å². The highest BCUT2D eigenvalue weighted by Gasteiger charge is 2.56. The number of nitrogens with zero attached hydrogens (tertiary/aromatic N) is 3. The number of carbonyl (C=O) groups is 2. The van der Waals surface area contributed by atoms with Gasteiger partial charge in [0.05, 0.1) is 0 Å². The van der Waals surface area contributed by atoms with Gasteiger partial charge in [0.2, 0.25) is 11.7 Å². The predicted molar refractivity (Wildman–Crippen MR) is 84.7 cm³/mol. The van der Waals surface area contributed by atoms with Gasteiger partial charge in [-0.25, -0.2) is 4.79 Å². The number of aromatic nitrogens is 2. The summed E-state index contributed by atoms with van der Waals surface area (Å²) in [7, 11) is 0. The summed E-state index contributed by atoms with van der Waals surface area (Å²) >= 11 is 0. The molecule has 1 saturated heterocycles. The highest BCUT2D eigenvalue weighted by Crippen LogP contribution is 2.42. The average Bonchev–Trinajstić information content (AvgIpc) is 3.27. The van der Waals surface area contributed by atoms with Gasteiger partial charge >= 0.3 is 6.03 Å². The normalized spacial score (nSPS) is 23.7. The maximum atomic E-state index is 12.6. The molecule has 7 nitrogen and oxygen atoms in total. The minimum Gasteiger partial charge on any atom is -0.337 e. The first-order valence-electron chi connectivity index (χ1n) is 8.01. The Kier molecular flexibility index (Phi) is 3.19. The molecule has 1 aromatic carbocycles. The molecule has 2 aliphatic rings. The van der Waals surface area contributed by atoms with E-state index < -0.39 is 11.6 Å². The molecule has 7 heteroatoms. The summed E-state index contributed by atoms with van der Waals surface area (Å²) in [6, 6.07) is 7.34. The van der Waals surface area contributed by atoms with Gasteiger partial charge in [0.25, 0.3) is 5.91 Å². The van der Waals surface area contributed by atoms with Gasteiger partial charge in [-0.2, -0.15) is 4.98 Å². The summed E-state index contributed by atoms with van der Waals surface area (Å²) in [6.07, 6.45) is 1.93. The highest BCUT2D eigenvalue weighted by atomic mass is 16.5. The van der Waals surface area contributed by atoms with Crippen LogP contribution in [0.25, 0.3) is 11.4 Å². The minimum atomic E-state index is -0.795. The Morgan fingerprint density at radius 2 is 2.17 bits per heavy atom. The van der Waals surface area contributed by atoms with Crippen LogP contribution in [0.2, 0.25) is 0 Å². The van der Waals surface area contributed by atoms with Crippen molar-refractivity contribution in [1.82, 2.24) is 20.4 Å². The quantitative estimate of drug-likeness (QED) is 0.871. The van der Waals surface area contributed by atoms with Crippen molar-refractivity contribution in [2.45, 2.75) is 38.8 Å². The molecular formula is C17H18N4O3. The number of hydrogen-bond acceptors (Lipinski definition) is 5. The summed E-state index contributed by atoms with van der Waals surface area (Å²) in [5.74, 6) is 0.704. The Labute approximate surface area is 139 Å². The van der Waals surface area contributed by atoms with Crippen LogP contribution in [-0.2, 0) is 11.3 Å². The number of amides is 3. The van der Waals surface area contributed by atoms with Gasteiger partial charge in [0, 0.05) is 5.56 Å². The molecule has 124 valence electrons. The van der Waals surface area contributed by atoms with Crippen molar-refractivity contribution in [1.29, 1.82) is 0 Å². The van der Waals surface area contributed by atoms with Crippen LogP contribution in [0, 0.1) is 12.8 Å². The van der Waals surface area contributed by atoms with Crippen molar-refractivity contribution < 1.29 is 14.1 Å². The van der Waals surface area contributed by atoms with E-state index in [9.17, 15) is 9.59 Å². The Morgan fingerprint density at radius 3 is 2.88 bits per heavy atom. The molecule has 2 aromatic rings. The number of urea groups is 1. The summed E-state index contributed by atoms with van der Waals surface area (Å²) < 4.78 is 5.23.